The predicted molar refractivity (Wildman–Crippen MR) is 185 cm³/mol. The van der Waals surface area contributed by atoms with E-state index < -0.39 is 17.6 Å². The molecule has 6 nitrogen and oxygen atoms in total. The lowest BCUT2D eigenvalue weighted by Crippen LogP contribution is -2.50. The molecule has 0 bridgehead atoms. The number of hydrogen-bond acceptors (Lipinski definition) is 4. The second-order valence-corrected chi connectivity index (χ2v) is 13.2. The van der Waals surface area contributed by atoms with Crippen LogP contribution in [0.5, 0.6) is 0 Å². The molecule has 46 heavy (non-hydrogen) atoms. The van der Waals surface area contributed by atoms with Crippen LogP contribution in [0.15, 0.2) is 109 Å². The molecule has 6 heteroatoms. The van der Waals surface area contributed by atoms with E-state index in [2.05, 4.69) is 0 Å². The van der Waals surface area contributed by atoms with Crippen LogP contribution in [-0.2, 0) is 23.3 Å². The first kappa shape index (κ1) is 34.9. The van der Waals surface area contributed by atoms with Gasteiger partial charge in [-0.2, -0.15) is 0 Å². The molecule has 0 saturated heterocycles. The Kier molecular flexibility index (Phi) is 12.1. The Morgan fingerprint density at radius 3 is 2.20 bits per heavy atom. The number of aliphatic hydroxyl groups is 2. The molecule has 4 rings (SSSR count). The molecule has 0 heterocycles. The van der Waals surface area contributed by atoms with Gasteiger partial charge in [-0.25, -0.2) is 0 Å². The van der Waals surface area contributed by atoms with E-state index in [0.717, 1.165) is 22.3 Å². The van der Waals surface area contributed by atoms with Crippen LogP contribution >= 0.6 is 0 Å². The number of hydrogen-bond donors (Lipinski definition) is 2. The van der Waals surface area contributed by atoms with Crippen molar-refractivity contribution in [2.75, 3.05) is 13.2 Å². The second-order valence-electron chi connectivity index (χ2n) is 13.2. The van der Waals surface area contributed by atoms with Gasteiger partial charge in [0.25, 0.3) is 5.91 Å². The van der Waals surface area contributed by atoms with Gasteiger partial charge >= 0.3 is 0 Å². The molecule has 0 fully saturated rings. The van der Waals surface area contributed by atoms with Gasteiger partial charge in [-0.3, -0.25) is 9.59 Å². The maximum atomic E-state index is 14.2. The van der Waals surface area contributed by atoms with Crippen molar-refractivity contribution in [3.63, 3.8) is 0 Å². The van der Waals surface area contributed by atoms with Crippen LogP contribution < -0.4 is 0 Å². The molecule has 3 unspecified atom stereocenters. The fourth-order valence-corrected chi connectivity index (χ4v) is 6.41. The van der Waals surface area contributed by atoms with E-state index >= 15 is 0 Å². The highest BCUT2D eigenvalue weighted by atomic mass is 16.3. The van der Waals surface area contributed by atoms with Gasteiger partial charge in [0.2, 0.25) is 5.91 Å². The number of amides is 2. The van der Waals surface area contributed by atoms with Crippen molar-refractivity contribution in [3.8, 4) is 0 Å². The molecular formula is C40H50N2O4. The fourth-order valence-electron chi connectivity index (χ4n) is 6.41. The van der Waals surface area contributed by atoms with Crippen LogP contribution in [0.2, 0.25) is 0 Å². The Labute approximate surface area is 275 Å². The van der Waals surface area contributed by atoms with Crippen LogP contribution in [0.3, 0.4) is 0 Å². The minimum atomic E-state index is -0.668. The molecule has 0 radical (unpaired) electrons. The molecule has 1 aliphatic rings. The van der Waals surface area contributed by atoms with Crippen molar-refractivity contribution in [2.45, 2.75) is 78.1 Å². The van der Waals surface area contributed by atoms with Crippen molar-refractivity contribution < 1.29 is 19.8 Å². The first-order valence-electron chi connectivity index (χ1n) is 16.5. The summed E-state index contributed by atoms with van der Waals surface area (Å²) in [6.07, 6.45) is 6.80. The van der Waals surface area contributed by atoms with Crippen LogP contribution in [0.25, 0.3) is 0 Å². The standard InChI is InChI=1S/C40H50N2O4/c1-29(2)41(28-31-14-8-6-9-15-31)38(45)36-19-13-12-16-32(36)22-23-35(44)27-33-21-20-30(3)26-37(33)39(46)42(24-25-43)40(4,5)34-17-10-7-11-18-34/h6-21,26,29,33,35,37,43-44H,22-25,27-28H2,1-5H3. The lowest BCUT2D eigenvalue weighted by Gasteiger charge is -2.42. The van der Waals surface area contributed by atoms with Crippen LogP contribution in [0.4, 0.5) is 0 Å². The van der Waals surface area contributed by atoms with Gasteiger partial charge in [-0.15, -0.1) is 0 Å². The van der Waals surface area contributed by atoms with Crippen molar-refractivity contribution in [2.24, 2.45) is 11.8 Å². The second kappa shape index (κ2) is 16.0. The smallest absolute Gasteiger partial charge is 0.254 e. The number of carbonyl (C=O) groups excluding carboxylic acids is 2. The quantitative estimate of drug-likeness (QED) is 0.204. The molecule has 0 aliphatic heterocycles. The average molecular weight is 623 g/mol. The van der Waals surface area contributed by atoms with Crippen molar-refractivity contribution in [1.82, 2.24) is 9.80 Å². The number of carbonyl (C=O) groups is 2. The summed E-state index contributed by atoms with van der Waals surface area (Å²) < 4.78 is 0. The topological polar surface area (TPSA) is 81.1 Å². The summed E-state index contributed by atoms with van der Waals surface area (Å²) in [7, 11) is 0. The number of allylic oxidation sites excluding steroid dienone is 3. The Hall–Kier alpha value is -4.00. The maximum absolute atomic E-state index is 14.2. The minimum absolute atomic E-state index is 0.0181. The largest absolute Gasteiger partial charge is 0.395 e. The third-order valence-electron chi connectivity index (χ3n) is 9.16. The van der Waals surface area contributed by atoms with E-state index in [1.54, 1.807) is 4.90 Å². The van der Waals surface area contributed by atoms with Gasteiger partial charge in [0, 0.05) is 24.7 Å². The van der Waals surface area contributed by atoms with Gasteiger partial charge < -0.3 is 20.0 Å². The van der Waals surface area contributed by atoms with E-state index in [1.807, 2.05) is 143 Å². The molecule has 2 N–H and O–H groups in total. The van der Waals surface area contributed by atoms with Gasteiger partial charge in [0.1, 0.15) is 0 Å². The van der Waals surface area contributed by atoms with Crippen molar-refractivity contribution >= 4 is 11.8 Å². The molecule has 3 atom stereocenters. The van der Waals surface area contributed by atoms with Crippen molar-refractivity contribution in [3.05, 3.63) is 131 Å². The normalized spacial score (nSPS) is 17.0. The molecule has 0 saturated carbocycles. The van der Waals surface area contributed by atoms with Gasteiger partial charge in [0.15, 0.2) is 0 Å². The Balaban J connectivity index is 1.47. The molecule has 1 aliphatic carbocycles. The fraction of sp³-hybridized carbons (Fsp3) is 0.400. The zero-order valence-corrected chi connectivity index (χ0v) is 28.0. The zero-order valence-electron chi connectivity index (χ0n) is 28.0. The van der Waals surface area contributed by atoms with Crippen LogP contribution in [-0.4, -0.2) is 57.1 Å². The molecule has 0 spiro atoms. The lowest BCUT2D eigenvalue weighted by atomic mass is 9.79. The SMILES string of the molecule is CC1=CC(C(=O)N(CCO)C(C)(C)c2ccccc2)C(CC(O)CCc2ccccc2C(=O)N(Cc2ccccc2)C(C)C)C=C1. The number of aryl methyl sites for hydroxylation is 1. The predicted octanol–water partition coefficient (Wildman–Crippen LogP) is 6.93. The van der Waals surface area contributed by atoms with E-state index in [-0.39, 0.29) is 36.9 Å². The Morgan fingerprint density at radius 1 is 0.913 bits per heavy atom. The van der Waals surface area contributed by atoms with E-state index in [1.165, 1.54) is 0 Å². The van der Waals surface area contributed by atoms with Gasteiger partial charge in [-0.1, -0.05) is 103 Å². The summed E-state index contributed by atoms with van der Waals surface area (Å²) in [6.45, 7) is 10.7. The van der Waals surface area contributed by atoms with E-state index in [4.69, 9.17) is 0 Å². The summed E-state index contributed by atoms with van der Waals surface area (Å²) in [5.74, 6) is -0.735. The van der Waals surface area contributed by atoms with Gasteiger partial charge in [0.05, 0.1) is 24.2 Å². The van der Waals surface area contributed by atoms with Gasteiger partial charge in [-0.05, 0) is 82.6 Å². The number of rotatable bonds is 14. The molecular weight excluding hydrogens is 572 g/mol. The third-order valence-corrected chi connectivity index (χ3v) is 9.16. The summed E-state index contributed by atoms with van der Waals surface area (Å²) in [4.78, 5) is 31.7. The molecule has 0 aromatic heterocycles. The number of aliphatic hydroxyl groups excluding tert-OH is 2. The number of benzene rings is 3. The summed E-state index contributed by atoms with van der Waals surface area (Å²) >= 11 is 0. The van der Waals surface area contributed by atoms with E-state index in [9.17, 15) is 19.8 Å². The Morgan fingerprint density at radius 2 is 1.54 bits per heavy atom. The number of nitrogens with zero attached hydrogens (tertiary/aromatic N) is 2. The molecule has 3 aromatic rings. The maximum Gasteiger partial charge on any atom is 0.254 e. The zero-order chi connectivity index (χ0) is 33.3. The third kappa shape index (κ3) is 8.62. The highest BCUT2D eigenvalue weighted by Gasteiger charge is 2.38. The van der Waals surface area contributed by atoms with Crippen molar-refractivity contribution in [1.29, 1.82) is 0 Å². The monoisotopic (exact) mass is 622 g/mol. The lowest BCUT2D eigenvalue weighted by molar-refractivity contribution is -0.142. The molecule has 2 amide bonds. The first-order valence-corrected chi connectivity index (χ1v) is 16.5. The summed E-state index contributed by atoms with van der Waals surface area (Å²) in [5, 5.41) is 21.3. The van der Waals surface area contributed by atoms with Crippen LogP contribution in [0.1, 0.15) is 74.5 Å². The average Bonchev–Trinajstić information content (AvgIpc) is 3.06. The van der Waals surface area contributed by atoms with E-state index in [0.29, 0.717) is 31.4 Å². The summed E-state index contributed by atoms with van der Waals surface area (Å²) in [6, 6.07) is 27.6. The minimum Gasteiger partial charge on any atom is -0.395 e. The Bertz CT molecular complexity index is 1500. The first-order chi connectivity index (χ1) is 22.0. The highest BCUT2D eigenvalue weighted by Crippen LogP contribution is 2.35. The van der Waals surface area contributed by atoms with Crippen LogP contribution in [0, 0.1) is 11.8 Å². The molecule has 3 aromatic carbocycles. The summed E-state index contributed by atoms with van der Waals surface area (Å²) in [5.41, 5.74) is 4.01. The molecule has 244 valence electrons. The highest BCUT2D eigenvalue weighted by molar-refractivity contribution is 5.96.